The Balaban J connectivity index is 2.25. The molecule has 1 saturated heterocycles. The van der Waals surface area contributed by atoms with E-state index >= 15 is 0 Å². The summed E-state index contributed by atoms with van der Waals surface area (Å²) in [6, 6.07) is 5.05. The first-order valence-electron chi connectivity index (χ1n) is 7.00. The summed E-state index contributed by atoms with van der Waals surface area (Å²) < 4.78 is 63.6. The standard InChI is InChI=1S/C15H19BF4O2/c1-12(2)13(3,4)22-16(21-12)11-8-6-10(7-9-11)14(5,17)15(18,19)20/h6-9H,1-5H3. The Morgan fingerprint density at radius 3 is 1.64 bits per heavy atom. The molecule has 0 bridgehead atoms. The molecule has 7 heteroatoms. The number of hydrogen-bond acceptors (Lipinski definition) is 2. The van der Waals surface area contributed by atoms with Gasteiger partial charge in [-0.25, -0.2) is 4.39 Å². The van der Waals surface area contributed by atoms with Gasteiger partial charge in [-0.1, -0.05) is 24.3 Å². The minimum Gasteiger partial charge on any atom is -0.399 e. The SMILES string of the molecule is CC1(C)OB(c2ccc(C(C)(F)C(F)(F)F)cc2)OC1(C)C. The lowest BCUT2D eigenvalue weighted by Gasteiger charge is -2.32. The second-order valence-electron chi connectivity index (χ2n) is 6.71. The van der Waals surface area contributed by atoms with Crippen molar-refractivity contribution in [3.05, 3.63) is 29.8 Å². The van der Waals surface area contributed by atoms with Crippen molar-refractivity contribution in [3.63, 3.8) is 0 Å². The maximum Gasteiger partial charge on any atom is 0.494 e. The zero-order valence-corrected chi connectivity index (χ0v) is 13.2. The summed E-state index contributed by atoms with van der Waals surface area (Å²) in [7, 11) is -0.684. The summed E-state index contributed by atoms with van der Waals surface area (Å²) in [5.41, 5.74) is -4.37. The van der Waals surface area contributed by atoms with Gasteiger partial charge in [0.25, 0.3) is 0 Å². The van der Waals surface area contributed by atoms with Gasteiger partial charge in [-0.3, -0.25) is 0 Å². The molecule has 1 atom stereocenters. The molecule has 1 unspecified atom stereocenters. The fourth-order valence-corrected chi connectivity index (χ4v) is 2.10. The van der Waals surface area contributed by atoms with Crippen LogP contribution in [-0.2, 0) is 15.0 Å². The highest BCUT2D eigenvalue weighted by atomic mass is 19.4. The van der Waals surface area contributed by atoms with E-state index in [9.17, 15) is 17.6 Å². The zero-order chi connectivity index (χ0) is 17.0. The molecule has 1 fully saturated rings. The quantitative estimate of drug-likeness (QED) is 0.611. The molecule has 122 valence electrons. The largest absolute Gasteiger partial charge is 0.494 e. The van der Waals surface area contributed by atoms with Gasteiger partial charge in [0.05, 0.1) is 11.2 Å². The van der Waals surface area contributed by atoms with Gasteiger partial charge in [-0.05, 0) is 45.6 Å². The van der Waals surface area contributed by atoms with Gasteiger partial charge in [-0.15, -0.1) is 0 Å². The molecule has 0 spiro atoms. The van der Waals surface area contributed by atoms with Crippen LogP contribution in [0.1, 0.15) is 40.2 Å². The van der Waals surface area contributed by atoms with E-state index in [1.165, 1.54) is 12.1 Å². The molecule has 0 aliphatic carbocycles. The number of benzene rings is 1. The smallest absolute Gasteiger partial charge is 0.399 e. The van der Waals surface area contributed by atoms with E-state index < -0.39 is 35.7 Å². The van der Waals surface area contributed by atoms with E-state index in [4.69, 9.17) is 9.31 Å². The maximum atomic E-state index is 13.9. The lowest BCUT2D eigenvalue weighted by Crippen LogP contribution is -2.41. The summed E-state index contributed by atoms with van der Waals surface area (Å²) in [5, 5.41) is 0. The first-order chi connectivity index (χ1) is 9.78. The number of halogens is 4. The topological polar surface area (TPSA) is 18.5 Å². The number of hydrogen-bond donors (Lipinski definition) is 0. The molecule has 2 nitrogen and oxygen atoms in total. The number of rotatable bonds is 2. The third-order valence-corrected chi connectivity index (χ3v) is 4.51. The Morgan fingerprint density at radius 2 is 1.27 bits per heavy atom. The monoisotopic (exact) mass is 318 g/mol. The lowest BCUT2D eigenvalue weighted by molar-refractivity contribution is -0.228. The van der Waals surface area contributed by atoms with Crippen LogP contribution in [0.5, 0.6) is 0 Å². The van der Waals surface area contributed by atoms with Crippen LogP contribution in [0, 0.1) is 0 Å². The van der Waals surface area contributed by atoms with Crippen molar-refractivity contribution in [2.75, 3.05) is 0 Å². The van der Waals surface area contributed by atoms with Crippen LogP contribution in [-0.4, -0.2) is 24.5 Å². The Kier molecular flexibility index (Phi) is 3.90. The Morgan fingerprint density at radius 1 is 0.864 bits per heavy atom. The summed E-state index contributed by atoms with van der Waals surface area (Å²) in [6.45, 7) is 8.03. The molecule has 0 aromatic heterocycles. The summed E-state index contributed by atoms with van der Waals surface area (Å²) >= 11 is 0. The van der Waals surface area contributed by atoms with Crippen molar-refractivity contribution in [2.24, 2.45) is 0 Å². The molecule has 0 amide bonds. The van der Waals surface area contributed by atoms with Gasteiger partial charge >= 0.3 is 13.3 Å². The van der Waals surface area contributed by atoms with E-state index in [0.717, 1.165) is 12.1 Å². The van der Waals surface area contributed by atoms with Crippen LogP contribution >= 0.6 is 0 Å². The second-order valence-corrected chi connectivity index (χ2v) is 6.71. The Hall–Kier alpha value is -1.08. The van der Waals surface area contributed by atoms with Gasteiger partial charge in [0.2, 0.25) is 5.67 Å². The average molecular weight is 318 g/mol. The minimum absolute atomic E-state index is 0.444. The minimum atomic E-state index is -4.96. The van der Waals surface area contributed by atoms with Crippen molar-refractivity contribution >= 4 is 12.6 Å². The third kappa shape index (κ3) is 2.76. The molecule has 1 aliphatic heterocycles. The van der Waals surface area contributed by atoms with Crippen molar-refractivity contribution in [1.82, 2.24) is 0 Å². The van der Waals surface area contributed by atoms with Gasteiger partial charge < -0.3 is 9.31 Å². The molecule has 2 rings (SSSR count). The van der Waals surface area contributed by atoms with Gasteiger partial charge in [0, 0.05) is 0 Å². The summed E-state index contributed by atoms with van der Waals surface area (Å²) in [5.74, 6) is 0. The van der Waals surface area contributed by atoms with Crippen LogP contribution in [0.2, 0.25) is 0 Å². The number of alkyl halides is 4. The first kappa shape index (κ1) is 17.3. The summed E-state index contributed by atoms with van der Waals surface area (Å²) in [6.07, 6.45) is -4.96. The van der Waals surface area contributed by atoms with Crippen molar-refractivity contribution in [3.8, 4) is 0 Å². The van der Waals surface area contributed by atoms with E-state index in [-0.39, 0.29) is 0 Å². The Labute approximate surface area is 127 Å². The molecule has 0 N–H and O–H groups in total. The van der Waals surface area contributed by atoms with Crippen molar-refractivity contribution in [2.45, 2.75) is 57.7 Å². The predicted molar refractivity (Wildman–Crippen MR) is 76.7 cm³/mol. The van der Waals surface area contributed by atoms with Crippen LogP contribution in [0.4, 0.5) is 17.6 Å². The molecule has 1 heterocycles. The maximum absolute atomic E-state index is 13.9. The van der Waals surface area contributed by atoms with E-state index in [1.807, 2.05) is 27.7 Å². The molecular formula is C15H19BF4O2. The highest BCUT2D eigenvalue weighted by Crippen LogP contribution is 2.42. The average Bonchev–Trinajstić information content (AvgIpc) is 2.57. The fraction of sp³-hybridized carbons (Fsp3) is 0.600. The molecule has 1 aromatic carbocycles. The third-order valence-electron chi connectivity index (χ3n) is 4.51. The van der Waals surface area contributed by atoms with E-state index in [2.05, 4.69) is 0 Å². The predicted octanol–water partition coefficient (Wildman–Crippen LogP) is 3.73. The highest BCUT2D eigenvalue weighted by molar-refractivity contribution is 6.62. The Bertz CT molecular complexity index is 534. The van der Waals surface area contributed by atoms with E-state index in [0.29, 0.717) is 12.4 Å². The normalized spacial score (nSPS) is 23.4. The molecular weight excluding hydrogens is 299 g/mol. The summed E-state index contributed by atoms with van der Waals surface area (Å²) in [4.78, 5) is 0. The van der Waals surface area contributed by atoms with E-state index in [1.54, 1.807) is 0 Å². The molecule has 1 aromatic rings. The van der Waals surface area contributed by atoms with Gasteiger partial charge in [0.15, 0.2) is 0 Å². The van der Waals surface area contributed by atoms with Crippen LogP contribution in [0.3, 0.4) is 0 Å². The van der Waals surface area contributed by atoms with Crippen LogP contribution in [0.15, 0.2) is 24.3 Å². The zero-order valence-electron chi connectivity index (χ0n) is 13.2. The lowest BCUT2D eigenvalue weighted by atomic mass is 9.78. The van der Waals surface area contributed by atoms with Crippen LogP contribution < -0.4 is 5.46 Å². The van der Waals surface area contributed by atoms with Gasteiger partial charge in [-0.2, -0.15) is 13.2 Å². The van der Waals surface area contributed by atoms with Crippen LogP contribution in [0.25, 0.3) is 0 Å². The fourth-order valence-electron chi connectivity index (χ4n) is 2.10. The van der Waals surface area contributed by atoms with Crippen molar-refractivity contribution in [1.29, 1.82) is 0 Å². The van der Waals surface area contributed by atoms with Crippen molar-refractivity contribution < 1.29 is 26.9 Å². The highest BCUT2D eigenvalue weighted by Gasteiger charge is 2.54. The molecule has 22 heavy (non-hydrogen) atoms. The molecule has 0 saturated carbocycles. The molecule has 1 aliphatic rings. The molecule has 0 radical (unpaired) electrons. The first-order valence-corrected chi connectivity index (χ1v) is 7.00. The van der Waals surface area contributed by atoms with Gasteiger partial charge in [0.1, 0.15) is 0 Å². The second kappa shape index (κ2) is 4.96.